The molecule has 0 unspecified atom stereocenters. The molecule has 1 aromatic rings. The van der Waals surface area contributed by atoms with Gasteiger partial charge in [-0.15, -0.1) is 0 Å². The summed E-state index contributed by atoms with van der Waals surface area (Å²) in [6.45, 7) is 7.24. The molecule has 1 atom stereocenters. The van der Waals surface area contributed by atoms with Crippen molar-refractivity contribution in [2.45, 2.75) is 45.8 Å². The van der Waals surface area contributed by atoms with Gasteiger partial charge in [0.05, 0.1) is 0 Å². The van der Waals surface area contributed by atoms with Crippen molar-refractivity contribution in [2.24, 2.45) is 5.73 Å². The molecule has 0 radical (unpaired) electrons. The zero-order valence-corrected chi connectivity index (χ0v) is 11.9. The quantitative estimate of drug-likeness (QED) is 0.734. The van der Waals surface area contributed by atoms with E-state index >= 15 is 0 Å². The number of rotatable bonds is 3. The van der Waals surface area contributed by atoms with E-state index in [4.69, 9.17) is 10.5 Å². The van der Waals surface area contributed by atoms with Crippen LogP contribution in [0, 0.1) is 0 Å². The molecule has 1 aromatic carbocycles. The molecule has 0 saturated carbocycles. The second-order valence-electron chi connectivity index (χ2n) is 5.65. The third kappa shape index (κ3) is 5.61. The summed E-state index contributed by atoms with van der Waals surface area (Å²) in [7, 11) is 0. The molecule has 0 aliphatic carbocycles. The lowest BCUT2D eigenvalue weighted by Crippen LogP contribution is -2.27. The first kappa shape index (κ1) is 15.3. The molecule has 1 amide bonds. The molecular weight excluding hydrogens is 244 g/mol. The second kappa shape index (κ2) is 5.93. The van der Waals surface area contributed by atoms with E-state index in [1.807, 2.05) is 6.92 Å². The summed E-state index contributed by atoms with van der Waals surface area (Å²) in [6, 6.07) is 4.78. The van der Waals surface area contributed by atoms with Gasteiger partial charge in [-0.1, -0.05) is 0 Å². The maximum absolute atomic E-state index is 11.6. The number of amides is 1. The zero-order chi connectivity index (χ0) is 14.6. The minimum Gasteiger partial charge on any atom is -0.508 e. The van der Waals surface area contributed by atoms with Crippen molar-refractivity contribution >= 4 is 11.8 Å². The molecule has 5 nitrogen and oxygen atoms in total. The Balaban J connectivity index is 2.77. The first-order valence-corrected chi connectivity index (χ1v) is 6.25. The molecule has 0 aliphatic rings. The van der Waals surface area contributed by atoms with Gasteiger partial charge in [0.25, 0.3) is 0 Å². The average Bonchev–Trinajstić information content (AvgIpc) is 2.19. The number of nitrogens with two attached hydrogens (primary N) is 1. The first-order chi connectivity index (χ1) is 8.67. The minimum absolute atomic E-state index is 0.0670. The maximum Gasteiger partial charge on any atom is 0.412 e. The normalized spacial score (nSPS) is 12.9. The highest BCUT2D eigenvalue weighted by Gasteiger charge is 2.16. The van der Waals surface area contributed by atoms with Crippen molar-refractivity contribution in [1.82, 2.24) is 0 Å². The average molecular weight is 266 g/mol. The lowest BCUT2D eigenvalue weighted by atomic mass is 10.1. The van der Waals surface area contributed by atoms with Crippen LogP contribution in [0.5, 0.6) is 5.75 Å². The summed E-state index contributed by atoms with van der Waals surface area (Å²) in [4.78, 5) is 11.6. The van der Waals surface area contributed by atoms with Gasteiger partial charge in [0.15, 0.2) is 0 Å². The predicted molar refractivity (Wildman–Crippen MR) is 75.3 cm³/mol. The topological polar surface area (TPSA) is 84.6 Å². The van der Waals surface area contributed by atoms with Gasteiger partial charge < -0.3 is 15.6 Å². The number of nitrogens with one attached hydrogen (secondary N) is 1. The number of hydrogen-bond donors (Lipinski definition) is 3. The van der Waals surface area contributed by atoms with Crippen LogP contribution in [0.3, 0.4) is 0 Å². The zero-order valence-electron chi connectivity index (χ0n) is 11.9. The molecule has 5 heteroatoms. The van der Waals surface area contributed by atoms with E-state index in [1.54, 1.807) is 32.9 Å². The van der Waals surface area contributed by atoms with E-state index < -0.39 is 11.7 Å². The highest BCUT2D eigenvalue weighted by molar-refractivity contribution is 5.85. The molecule has 106 valence electrons. The number of phenolic OH excluding ortho intramolecular Hbond substituents is 1. The fourth-order valence-electron chi connectivity index (χ4n) is 1.60. The monoisotopic (exact) mass is 266 g/mol. The number of benzene rings is 1. The van der Waals surface area contributed by atoms with Gasteiger partial charge in [-0.25, -0.2) is 4.79 Å². The Labute approximate surface area is 113 Å². The van der Waals surface area contributed by atoms with E-state index in [0.717, 1.165) is 0 Å². The van der Waals surface area contributed by atoms with Crippen LogP contribution >= 0.6 is 0 Å². The van der Waals surface area contributed by atoms with Gasteiger partial charge in [-0.05, 0) is 57.9 Å². The van der Waals surface area contributed by atoms with E-state index in [0.29, 0.717) is 17.7 Å². The van der Waals surface area contributed by atoms with E-state index in [9.17, 15) is 9.90 Å². The van der Waals surface area contributed by atoms with Gasteiger partial charge in [-0.3, -0.25) is 5.32 Å². The fraction of sp³-hybridized carbons (Fsp3) is 0.500. The first-order valence-electron chi connectivity index (χ1n) is 6.25. The van der Waals surface area contributed by atoms with Crippen LogP contribution in [0.15, 0.2) is 18.2 Å². The molecule has 0 aliphatic heterocycles. The highest BCUT2D eigenvalue weighted by Crippen LogP contribution is 2.23. The smallest absolute Gasteiger partial charge is 0.412 e. The van der Waals surface area contributed by atoms with Gasteiger partial charge in [0.1, 0.15) is 11.4 Å². The van der Waals surface area contributed by atoms with Crippen molar-refractivity contribution in [3.63, 3.8) is 0 Å². The molecular formula is C14H22N2O3. The Morgan fingerprint density at radius 1 is 1.47 bits per heavy atom. The highest BCUT2D eigenvalue weighted by atomic mass is 16.6. The molecule has 0 bridgehead atoms. The summed E-state index contributed by atoms with van der Waals surface area (Å²) < 4.78 is 5.16. The molecule has 4 N–H and O–H groups in total. The van der Waals surface area contributed by atoms with Crippen LogP contribution in [0.25, 0.3) is 0 Å². The van der Waals surface area contributed by atoms with E-state index in [1.165, 1.54) is 6.07 Å². The van der Waals surface area contributed by atoms with Crippen molar-refractivity contribution in [3.05, 3.63) is 23.8 Å². The van der Waals surface area contributed by atoms with Gasteiger partial charge in [0, 0.05) is 11.7 Å². The van der Waals surface area contributed by atoms with Crippen molar-refractivity contribution in [3.8, 4) is 5.75 Å². The van der Waals surface area contributed by atoms with Crippen LogP contribution in [0.2, 0.25) is 0 Å². The Bertz CT molecular complexity index is 450. The van der Waals surface area contributed by atoms with Crippen molar-refractivity contribution in [2.75, 3.05) is 5.32 Å². The van der Waals surface area contributed by atoms with Gasteiger partial charge in [0.2, 0.25) is 0 Å². The Morgan fingerprint density at radius 3 is 2.63 bits per heavy atom. The standard InChI is InChI=1S/C14H22N2O3/c1-9(15)7-10-8-11(5-6-12(10)17)16-13(18)19-14(2,3)4/h5-6,8-9,17H,7,15H2,1-4H3,(H,16,18)/t9-/m1/s1. The SMILES string of the molecule is C[C@@H](N)Cc1cc(NC(=O)OC(C)(C)C)ccc1O. The number of ether oxygens (including phenoxy) is 1. The number of phenols is 1. The van der Waals surface area contributed by atoms with Crippen LogP contribution < -0.4 is 11.1 Å². The van der Waals surface area contributed by atoms with Gasteiger partial charge >= 0.3 is 6.09 Å². The Hall–Kier alpha value is -1.75. The summed E-state index contributed by atoms with van der Waals surface area (Å²) in [5.41, 5.74) is 6.43. The van der Waals surface area contributed by atoms with E-state index in [-0.39, 0.29) is 11.8 Å². The number of carbonyl (C=O) groups is 1. The number of carbonyl (C=O) groups excluding carboxylic acids is 1. The van der Waals surface area contributed by atoms with Crippen LogP contribution in [-0.4, -0.2) is 22.8 Å². The van der Waals surface area contributed by atoms with Crippen molar-refractivity contribution < 1.29 is 14.6 Å². The lowest BCUT2D eigenvalue weighted by molar-refractivity contribution is 0.0636. The summed E-state index contributed by atoms with van der Waals surface area (Å²) in [5.74, 6) is 0.173. The van der Waals surface area contributed by atoms with Crippen LogP contribution in [-0.2, 0) is 11.2 Å². The summed E-state index contributed by atoms with van der Waals surface area (Å²) in [5, 5.41) is 12.3. The number of anilines is 1. The minimum atomic E-state index is -0.546. The van der Waals surface area contributed by atoms with E-state index in [2.05, 4.69) is 5.32 Å². The van der Waals surface area contributed by atoms with Gasteiger partial charge in [-0.2, -0.15) is 0 Å². The predicted octanol–water partition coefficient (Wildman–Crippen LogP) is 2.63. The molecule has 0 fully saturated rings. The summed E-state index contributed by atoms with van der Waals surface area (Å²) in [6.07, 6.45) is 0.0142. The van der Waals surface area contributed by atoms with Crippen molar-refractivity contribution in [1.29, 1.82) is 0 Å². The maximum atomic E-state index is 11.6. The molecule has 0 spiro atoms. The molecule has 0 saturated heterocycles. The third-order valence-corrected chi connectivity index (χ3v) is 2.27. The number of hydrogen-bond acceptors (Lipinski definition) is 4. The molecule has 0 heterocycles. The number of aromatic hydroxyl groups is 1. The van der Waals surface area contributed by atoms with Crippen LogP contribution in [0.1, 0.15) is 33.3 Å². The lowest BCUT2D eigenvalue weighted by Gasteiger charge is -2.20. The Morgan fingerprint density at radius 2 is 2.11 bits per heavy atom. The summed E-state index contributed by atoms with van der Waals surface area (Å²) >= 11 is 0. The molecule has 19 heavy (non-hydrogen) atoms. The largest absolute Gasteiger partial charge is 0.508 e. The fourth-order valence-corrected chi connectivity index (χ4v) is 1.60. The second-order valence-corrected chi connectivity index (χ2v) is 5.65. The molecule has 0 aromatic heterocycles. The Kier molecular flexibility index (Phi) is 4.78. The molecule has 1 rings (SSSR count). The van der Waals surface area contributed by atoms with Crippen LogP contribution in [0.4, 0.5) is 10.5 Å². The third-order valence-electron chi connectivity index (χ3n) is 2.27.